The van der Waals surface area contributed by atoms with E-state index < -0.39 is 11.7 Å². The quantitative estimate of drug-likeness (QED) is 0.712. The van der Waals surface area contributed by atoms with E-state index >= 15 is 0 Å². The maximum atomic E-state index is 12.8. The minimum atomic E-state index is -4.31. The molecule has 4 heteroatoms. The van der Waals surface area contributed by atoms with Crippen molar-refractivity contribution in [2.75, 3.05) is 5.73 Å². The summed E-state index contributed by atoms with van der Waals surface area (Å²) in [6.07, 6.45) is -4.31. The molecule has 0 aromatic heterocycles. The zero-order valence-electron chi connectivity index (χ0n) is 10.9. The number of hydrogen-bond acceptors (Lipinski definition) is 1. The lowest BCUT2D eigenvalue weighted by Crippen LogP contribution is -2.13. The van der Waals surface area contributed by atoms with Crippen LogP contribution in [0.2, 0.25) is 0 Å². The average molecular weight is 247 g/mol. The Hall–Kier alpha value is -1.19. The number of aryl methyl sites for hydroxylation is 1. The monoisotopic (exact) mass is 247 g/mol. The van der Waals surface area contributed by atoms with Crippen molar-refractivity contribution < 1.29 is 13.2 Å². The first kappa shape index (κ1) is 15.8. The van der Waals surface area contributed by atoms with E-state index in [0.717, 1.165) is 0 Å². The number of anilines is 1. The van der Waals surface area contributed by atoms with E-state index in [2.05, 4.69) is 0 Å². The summed E-state index contributed by atoms with van der Waals surface area (Å²) in [4.78, 5) is 0. The van der Waals surface area contributed by atoms with E-state index in [1.807, 2.05) is 13.8 Å². The van der Waals surface area contributed by atoms with Crippen molar-refractivity contribution in [2.45, 2.75) is 46.7 Å². The Morgan fingerprint density at radius 3 is 1.94 bits per heavy atom. The van der Waals surface area contributed by atoms with Crippen LogP contribution < -0.4 is 5.73 Å². The number of benzene rings is 1. The predicted molar refractivity (Wildman–Crippen MR) is 66.0 cm³/mol. The first-order valence-corrected chi connectivity index (χ1v) is 5.70. The molecule has 1 rings (SSSR count). The molecule has 0 heterocycles. The van der Waals surface area contributed by atoms with E-state index in [0.29, 0.717) is 5.69 Å². The van der Waals surface area contributed by atoms with Crippen LogP contribution in [0.15, 0.2) is 12.1 Å². The summed E-state index contributed by atoms with van der Waals surface area (Å²) in [6, 6.07) is 2.76. The van der Waals surface area contributed by atoms with Crippen LogP contribution in [-0.2, 0) is 6.18 Å². The van der Waals surface area contributed by atoms with Gasteiger partial charge in [-0.15, -0.1) is 0 Å². The third-order valence-corrected chi connectivity index (χ3v) is 2.29. The van der Waals surface area contributed by atoms with Gasteiger partial charge in [-0.3, -0.25) is 0 Å². The molecule has 1 aromatic carbocycles. The molecule has 0 fully saturated rings. The van der Waals surface area contributed by atoms with Crippen molar-refractivity contribution in [1.82, 2.24) is 0 Å². The zero-order chi connectivity index (χ0) is 13.8. The van der Waals surface area contributed by atoms with Crippen LogP contribution in [0, 0.1) is 6.92 Å². The van der Waals surface area contributed by atoms with Gasteiger partial charge in [0.1, 0.15) is 0 Å². The summed E-state index contributed by atoms with van der Waals surface area (Å²) in [5.74, 6) is -0.191. The zero-order valence-corrected chi connectivity index (χ0v) is 10.9. The summed E-state index contributed by atoms with van der Waals surface area (Å²) < 4.78 is 38.3. The molecule has 0 amide bonds. The number of rotatable bonds is 1. The van der Waals surface area contributed by atoms with Gasteiger partial charge in [0.05, 0.1) is 5.56 Å². The molecule has 0 saturated carbocycles. The molecule has 0 radical (unpaired) electrons. The van der Waals surface area contributed by atoms with Crippen LogP contribution in [0.3, 0.4) is 0 Å². The molecule has 0 saturated heterocycles. The highest BCUT2D eigenvalue weighted by molar-refractivity contribution is 5.51. The number of hydrogen-bond donors (Lipinski definition) is 1. The van der Waals surface area contributed by atoms with E-state index in [1.165, 1.54) is 19.1 Å². The van der Waals surface area contributed by atoms with Crippen LogP contribution in [0.4, 0.5) is 18.9 Å². The summed E-state index contributed by atoms with van der Waals surface area (Å²) in [6.45, 7) is 8.89. The maximum absolute atomic E-state index is 12.8. The maximum Gasteiger partial charge on any atom is 0.416 e. The lowest BCUT2D eigenvalue weighted by atomic mass is 9.92. The van der Waals surface area contributed by atoms with Crippen molar-refractivity contribution in [3.8, 4) is 0 Å². The van der Waals surface area contributed by atoms with Gasteiger partial charge in [0.25, 0.3) is 0 Å². The summed E-state index contributed by atoms with van der Waals surface area (Å²) in [5, 5.41) is 0. The lowest BCUT2D eigenvalue weighted by Gasteiger charge is -2.18. The second kappa shape index (κ2) is 5.94. The molecule has 0 unspecified atom stereocenters. The van der Waals surface area contributed by atoms with Gasteiger partial charge < -0.3 is 5.73 Å². The topological polar surface area (TPSA) is 26.0 Å². The Morgan fingerprint density at radius 1 is 1.12 bits per heavy atom. The second-order valence-corrected chi connectivity index (χ2v) is 3.95. The highest BCUT2D eigenvalue weighted by atomic mass is 19.4. The minimum absolute atomic E-state index is 0.186. The Kier molecular flexibility index (Phi) is 5.52. The third kappa shape index (κ3) is 3.95. The fourth-order valence-corrected chi connectivity index (χ4v) is 1.69. The van der Waals surface area contributed by atoms with Crippen LogP contribution in [-0.4, -0.2) is 0 Å². The smallest absolute Gasteiger partial charge is 0.399 e. The molecule has 0 spiro atoms. The molecule has 0 aliphatic carbocycles. The largest absolute Gasteiger partial charge is 0.416 e. The van der Waals surface area contributed by atoms with Gasteiger partial charge in [0.2, 0.25) is 0 Å². The number of alkyl halides is 3. The predicted octanol–water partition coefficient (Wildman–Crippen LogP) is 4.75. The van der Waals surface area contributed by atoms with Gasteiger partial charge in [0, 0.05) is 5.69 Å². The number of nitrogens with two attached hydrogens (primary N) is 1. The summed E-state index contributed by atoms with van der Waals surface area (Å²) >= 11 is 0. The highest BCUT2D eigenvalue weighted by Crippen LogP contribution is 2.38. The normalized spacial score (nSPS) is 11.1. The fourth-order valence-electron chi connectivity index (χ4n) is 1.69. The Morgan fingerprint density at radius 2 is 1.59 bits per heavy atom. The molecular weight excluding hydrogens is 227 g/mol. The van der Waals surface area contributed by atoms with Crippen LogP contribution in [0.25, 0.3) is 0 Å². The van der Waals surface area contributed by atoms with Gasteiger partial charge >= 0.3 is 6.18 Å². The second-order valence-electron chi connectivity index (χ2n) is 3.95. The number of halogens is 3. The molecule has 0 aliphatic rings. The molecule has 1 aromatic rings. The SMILES string of the molecule is CC.Cc1cc(N)cc(C(C)C)c1C(F)(F)F. The molecule has 0 bridgehead atoms. The standard InChI is InChI=1S/C11H14F3N.C2H6/c1-6(2)9-5-8(15)4-7(3)10(9)11(12,13)14;1-2/h4-6H,15H2,1-3H3;1-2H3. The van der Waals surface area contributed by atoms with E-state index in [4.69, 9.17) is 5.73 Å². The Labute approximate surface area is 101 Å². The summed E-state index contributed by atoms with van der Waals surface area (Å²) in [7, 11) is 0. The molecule has 98 valence electrons. The van der Waals surface area contributed by atoms with Crippen molar-refractivity contribution >= 4 is 5.69 Å². The third-order valence-electron chi connectivity index (χ3n) is 2.29. The first-order valence-electron chi connectivity index (χ1n) is 5.70. The van der Waals surface area contributed by atoms with Crippen molar-refractivity contribution in [3.63, 3.8) is 0 Å². The van der Waals surface area contributed by atoms with Gasteiger partial charge in [0.15, 0.2) is 0 Å². The Balaban J connectivity index is 0.00000121. The molecule has 1 nitrogen and oxygen atoms in total. The molecule has 0 atom stereocenters. The lowest BCUT2D eigenvalue weighted by molar-refractivity contribution is -0.138. The molecule has 0 aliphatic heterocycles. The molecular formula is C13H20F3N. The van der Waals surface area contributed by atoms with E-state index in [1.54, 1.807) is 13.8 Å². The average Bonchev–Trinajstić information content (AvgIpc) is 2.17. The fraction of sp³-hybridized carbons (Fsp3) is 0.538. The molecule has 17 heavy (non-hydrogen) atoms. The van der Waals surface area contributed by atoms with Crippen molar-refractivity contribution in [1.29, 1.82) is 0 Å². The van der Waals surface area contributed by atoms with E-state index in [-0.39, 0.29) is 17.0 Å². The summed E-state index contributed by atoms with van der Waals surface area (Å²) in [5.41, 5.74) is 5.82. The van der Waals surface area contributed by atoms with Gasteiger partial charge in [-0.25, -0.2) is 0 Å². The van der Waals surface area contributed by atoms with Gasteiger partial charge in [-0.2, -0.15) is 13.2 Å². The van der Waals surface area contributed by atoms with E-state index in [9.17, 15) is 13.2 Å². The molecule has 2 N–H and O–H groups in total. The minimum Gasteiger partial charge on any atom is -0.399 e. The highest BCUT2D eigenvalue weighted by Gasteiger charge is 2.35. The number of nitrogen functional groups attached to an aromatic ring is 1. The van der Waals surface area contributed by atoms with Gasteiger partial charge in [-0.05, 0) is 36.1 Å². The van der Waals surface area contributed by atoms with Crippen LogP contribution >= 0.6 is 0 Å². The first-order chi connectivity index (χ1) is 7.73. The van der Waals surface area contributed by atoms with Crippen LogP contribution in [0.1, 0.15) is 50.3 Å². The van der Waals surface area contributed by atoms with Gasteiger partial charge in [-0.1, -0.05) is 27.7 Å². The van der Waals surface area contributed by atoms with Crippen molar-refractivity contribution in [2.24, 2.45) is 0 Å². The van der Waals surface area contributed by atoms with Crippen molar-refractivity contribution in [3.05, 3.63) is 28.8 Å². The van der Waals surface area contributed by atoms with Crippen LogP contribution in [0.5, 0.6) is 0 Å². The Bertz CT molecular complexity index is 368.